The molecule has 3 rings (SSSR count). The average molecular weight is 419 g/mol. The third kappa shape index (κ3) is 5.18. The quantitative estimate of drug-likeness (QED) is 0.719. The monoisotopic (exact) mass is 419 g/mol. The lowest BCUT2D eigenvalue weighted by atomic mass is 10.1. The van der Waals surface area contributed by atoms with Gasteiger partial charge < -0.3 is 10.2 Å². The first-order valence-corrected chi connectivity index (χ1v) is 10.7. The van der Waals surface area contributed by atoms with E-state index in [4.69, 9.17) is 0 Å². The SMILES string of the molecule is C[C@H](NC(=O)CNS(=O)(=O)c1ccc(N2CCCC2=O)cc1)c1ccc(F)cc1. The number of nitrogens with zero attached hydrogens (tertiary/aromatic N) is 1. The van der Waals surface area contributed by atoms with Gasteiger partial charge in [0.05, 0.1) is 17.5 Å². The third-order valence-corrected chi connectivity index (χ3v) is 6.12. The fourth-order valence-electron chi connectivity index (χ4n) is 3.10. The maximum Gasteiger partial charge on any atom is 0.241 e. The fourth-order valence-corrected chi connectivity index (χ4v) is 4.08. The molecule has 1 fully saturated rings. The number of sulfonamides is 1. The van der Waals surface area contributed by atoms with Crippen LogP contribution in [0.1, 0.15) is 31.4 Å². The first kappa shape index (κ1) is 20.9. The second-order valence-corrected chi connectivity index (χ2v) is 8.58. The van der Waals surface area contributed by atoms with Gasteiger partial charge in [0.2, 0.25) is 21.8 Å². The summed E-state index contributed by atoms with van der Waals surface area (Å²) in [5, 5.41) is 2.66. The lowest BCUT2D eigenvalue weighted by molar-refractivity contribution is -0.120. The van der Waals surface area contributed by atoms with Crippen molar-refractivity contribution in [1.29, 1.82) is 0 Å². The number of nitrogens with one attached hydrogen (secondary N) is 2. The van der Waals surface area contributed by atoms with Gasteiger partial charge in [0.1, 0.15) is 5.82 Å². The Morgan fingerprint density at radius 1 is 1.14 bits per heavy atom. The Balaban J connectivity index is 1.57. The van der Waals surface area contributed by atoms with Crippen molar-refractivity contribution in [1.82, 2.24) is 10.0 Å². The molecule has 1 heterocycles. The zero-order chi connectivity index (χ0) is 21.0. The van der Waals surface area contributed by atoms with Crippen molar-refractivity contribution in [2.24, 2.45) is 0 Å². The standard InChI is InChI=1S/C20H22FN3O4S/c1-14(15-4-6-16(21)7-5-15)23-19(25)13-22-29(27,28)18-10-8-17(9-11-18)24-12-2-3-20(24)26/h4-11,14,22H,2-3,12-13H2,1H3,(H,23,25)/t14-/m0/s1. The van der Waals surface area contributed by atoms with Crippen molar-refractivity contribution in [2.75, 3.05) is 18.0 Å². The van der Waals surface area contributed by atoms with Crippen LogP contribution in [0.15, 0.2) is 53.4 Å². The van der Waals surface area contributed by atoms with Gasteiger partial charge in [-0.1, -0.05) is 12.1 Å². The lowest BCUT2D eigenvalue weighted by Crippen LogP contribution is -2.38. The van der Waals surface area contributed by atoms with E-state index in [0.29, 0.717) is 24.2 Å². The molecule has 2 aromatic carbocycles. The van der Waals surface area contributed by atoms with Crippen molar-refractivity contribution in [3.05, 3.63) is 59.9 Å². The van der Waals surface area contributed by atoms with Crippen LogP contribution in [0, 0.1) is 5.82 Å². The largest absolute Gasteiger partial charge is 0.348 e. The van der Waals surface area contributed by atoms with E-state index in [1.807, 2.05) is 0 Å². The van der Waals surface area contributed by atoms with Gasteiger partial charge in [0.25, 0.3) is 0 Å². The summed E-state index contributed by atoms with van der Waals surface area (Å²) in [4.78, 5) is 25.5. The normalized spacial score (nSPS) is 15.4. The Labute approximate surface area is 169 Å². The highest BCUT2D eigenvalue weighted by Gasteiger charge is 2.22. The molecule has 154 valence electrons. The van der Waals surface area contributed by atoms with Crippen LogP contribution in [0.25, 0.3) is 0 Å². The molecule has 0 saturated carbocycles. The molecular weight excluding hydrogens is 397 g/mol. The molecule has 1 saturated heterocycles. The summed E-state index contributed by atoms with van der Waals surface area (Å²) >= 11 is 0. The molecule has 0 unspecified atom stereocenters. The van der Waals surface area contributed by atoms with Gasteiger partial charge in [-0.05, 0) is 55.3 Å². The molecule has 1 atom stereocenters. The highest BCUT2D eigenvalue weighted by molar-refractivity contribution is 7.89. The zero-order valence-electron chi connectivity index (χ0n) is 15.9. The Morgan fingerprint density at radius 3 is 2.38 bits per heavy atom. The molecule has 1 aliphatic heterocycles. The number of hydrogen-bond donors (Lipinski definition) is 2. The van der Waals surface area contributed by atoms with Crippen LogP contribution in [-0.2, 0) is 19.6 Å². The number of anilines is 1. The topological polar surface area (TPSA) is 95.6 Å². The van der Waals surface area contributed by atoms with Gasteiger partial charge >= 0.3 is 0 Å². The third-order valence-electron chi connectivity index (χ3n) is 4.70. The molecule has 2 aromatic rings. The van der Waals surface area contributed by atoms with E-state index in [1.54, 1.807) is 36.1 Å². The van der Waals surface area contributed by atoms with Crippen LogP contribution in [0.5, 0.6) is 0 Å². The number of benzene rings is 2. The van der Waals surface area contributed by atoms with Crippen molar-refractivity contribution >= 4 is 27.5 Å². The molecule has 9 heteroatoms. The maximum absolute atomic E-state index is 13.0. The molecule has 0 aliphatic carbocycles. The van der Waals surface area contributed by atoms with Crippen LogP contribution >= 0.6 is 0 Å². The number of carbonyl (C=O) groups excluding carboxylic acids is 2. The van der Waals surface area contributed by atoms with Gasteiger partial charge in [0.15, 0.2) is 0 Å². The van der Waals surface area contributed by atoms with E-state index in [9.17, 15) is 22.4 Å². The molecule has 7 nitrogen and oxygen atoms in total. The van der Waals surface area contributed by atoms with Gasteiger partial charge in [-0.25, -0.2) is 17.5 Å². The number of carbonyl (C=O) groups is 2. The second kappa shape index (κ2) is 8.71. The summed E-state index contributed by atoms with van der Waals surface area (Å²) in [5.74, 6) is -0.865. The van der Waals surface area contributed by atoms with Gasteiger partial charge in [0, 0.05) is 18.7 Å². The summed E-state index contributed by atoms with van der Waals surface area (Å²) in [5.41, 5.74) is 1.35. The number of halogens is 1. The summed E-state index contributed by atoms with van der Waals surface area (Å²) in [7, 11) is -3.88. The van der Waals surface area contributed by atoms with Crippen molar-refractivity contribution in [3.8, 4) is 0 Å². The molecule has 2 amide bonds. The van der Waals surface area contributed by atoms with E-state index in [-0.39, 0.29) is 16.6 Å². The summed E-state index contributed by atoms with van der Waals surface area (Å²) in [6.07, 6.45) is 1.28. The summed E-state index contributed by atoms with van der Waals surface area (Å²) in [6, 6.07) is 11.3. The molecule has 0 radical (unpaired) electrons. The predicted octanol–water partition coefficient (Wildman–Crippen LogP) is 2.11. The average Bonchev–Trinajstić information content (AvgIpc) is 3.13. The van der Waals surface area contributed by atoms with Crippen molar-refractivity contribution < 1.29 is 22.4 Å². The highest BCUT2D eigenvalue weighted by atomic mass is 32.2. The van der Waals surface area contributed by atoms with Crippen LogP contribution in [0.4, 0.5) is 10.1 Å². The molecule has 0 aromatic heterocycles. The van der Waals surface area contributed by atoms with E-state index in [0.717, 1.165) is 6.42 Å². The van der Waals surface area contributed by atoms with E-state index in [2.05, 4.69) is 10.0 Å². The van der Waals surface area contributed by atoms with E-state index < -0.39 is 28.5 Å². The van der Waals surface area contributed by atoms with Crippen LogP contribution in [0.2, 0.25) is 0 Å². The smallest absolute Gasteiger partial charge is 0.241 e. The molecule has 29 heavy (non-hydrogen) atoms. The maximum atomic E-state index is 13.0. The Morgan fingerprint density at radius 2 is 1.79 bits per heavy atom. The van der Waals surface area contributed by atoms with Gasteiger partial charge in [-0.3, -0.25) is 9.59 Å². The minimum Gasteiger partial charge on any atom is -0.348 e. The first-order chi connectivity index (χ1) is 13.8. The molecule has 0 spiro atoms. The minimum absolute atomic E-state index is 0.00674. The fraction of sp³-hybridized carbons (Fsp3) is 0.300. The zero-order valence-corrected chi connectivity index (χ0v) is 16.7. The predicted molar refractivity (Wildman–Crippen MR) is 106 cm³/mol. The Kier molecular flexibility index (Phi) is 6.29. The lowest BCUT2D eigenvalue weighted by Gasteiger charge is -2.16. The van der Waals surface area contributed by atoms with Crippen LogP contribution in [-0.4, -0.2) is 33.3 Å². The minimum atomic E-state index is -3.88. The summed E-state index contributed by atoms with van der Waals surface area (Å²) in [6.45, 7) is 1.91. The molecule has 2 N–H and O–H groups in total. The van der Waals surface area contributed by atoms with E-state index >= 15 is 0 Å². The summed E-state index contributed by atoms with van der Waals surface area (Å²) < 4.78 is 40.1. The van der Waals surface area contributed by atoms with Gasteiger partial charge in [-0.15, -0.1) is 0 Å². The Bertz CT molecular complexity index is 991. The highest BCUT2D eigenvalue weighted by Crippen LogP contribution is 2.22. The molecule has 0 bridgehead atoms. The number of rotatable bonds is 7. The number of hydrogen-bond acceptors (Lipinski definition) is 4. The molecule has 1 aliphatic rings. The van der Waals surface area contributed by atoms with Crippen molar-refractivity contribution in [3.63, 3.8) is 0 Å². The van der Waals surface area contributed by atoms with Crippen LogP contribution in [0.3, 0.4) is 0 Å². The Hall–Kier alpha value is -2.78. The first-order valence-electron chi connectivity index (χ1n) is 9.21. The van der Waals surface area contributed by atoms with Crippen molar-refractivity contribution in [2.45, 2.75) is 30.7 Å². The van der Waals surface area contributed by atoms with E-state index in [1.165, 1.54) is 24.3 Å². The van der Waals surface area contributed by atoms with Crippen LogP contribution < -0.4 is 14.9 Å². The number of amides is 2. The van der Waals surface area contributed by atoms with Gasteiger partial charge in [-0.2, -0.15) is 0 Å². The molecular formula is C20H22FN3O4S. The second-order valence-electron chi connectivity index (χ2n) is 6.81.